The Bertz CT molecular complexity index is 818. The third-order valence-corrected chi connectivity index (χ3v) is 5.40. The Morgan fingerprint density at radius 2 is 1.55 bits per heavy atom. The first-order valence-corrected chi connectivity index (χ1v) is 9.88. The van der Waals surface area contributed by atoms with E-state index in [1.165, 1.54) is 28.7 Å². The Kier molecular flexibility index (Phi) is 8.87. The third-order valence-electron chi connectivity index (χ3n) is 5.40. The molecule has 0 N–H and O–H groups in total. The number of hydrogen-bond acceptors (Lipinski definition) is 4. The van der Waals surface area contributed by atoms with Crippen LogP contribution < -0.4 is 14.2 Å². The molecule has 1 aliphatic rings. The highest BCUT2D eigenvalue weighted by atomic mass is 35.5. The van der Waals surface area contributed by atoms with Gasteiger partial charge in [-0.25, -0.2) is 0 Å². The quantitative estimate of drug-likeness (QED) is 0.542. The van der Waals surface area contributed by atoms with Crippen LogP contribution >= 0.6 is 12.4 Å². The average molecular weight is 418 g/mol. The molecule has 0 heterocycles. The molecule has 2 aromatic rings. The molecule has 0 spiro atoms. The van der Waals surface area contributed by atoms with Crippen molar-refractivity contribution >= 4 is 18.5 Å². The molecular formula is C24H32ClNO3. The zero-order chi connectivity index (χ0) is 19.9. The molecule has 0 aromatic heterocycles. The lowest BCUT2D eigenvalue weighted by Gasteiger charge is -2.16. The van der Waals surface area contributed by atoms with E-state index in [4.69, 9.17) is 14.2 Å². The van der Waals surface area contributed by atoms with Gasteiger partial charge in [-0.2, -0.15) is 0 Å². The van der Waals surface area contributed by atoms with E-state index in [9.17, 15) is 0 Å². The summed E-state index contributed by atoms with van der Waals surface area (Å²) in [7, 11) is 7.28. The highest BCUT2D eigenvalue weighted by Gasteiger charge is 2.16. The summed E-state index contributed by atoms with van der Waals surface area (Å²) in [6.07, 6.45) is 6.70. The number of nitrogens with zero attached hydrogens (tertiary/aromatic N) is 1. The van der Waals surface area contributed by atoms with Crippen LogP contribution in [0.15, 0.2) is 42.0 Å². The van der Waals surface area contributed by atoms with Gasteiger partial charge in [-0.15, -0.1) is 12.4 Å². The van der Waals surface area contributed by atoms with E-state index in [0.29, 0.717) is 0 Å². The molecule has 0 radical (unpaired) electrons. The maximum absolute atomic E-state index is 5.42. The van der Waals surface area contributed by atoms with Gasteiger partial charge in [-0.1, -0.05) is 23.8 Å². The average Bonchev–Trinajstić information content (AvgIpc) is 3.13. The van der Waals surface area contributed by atoms with Crippen LogP contribution in [-0.2, 0) is 12.8 Å². The Hall–Kier alpha value is -2.17. The van der Waals surface area contributed by atoms with Gasteiger partial charge < -0.3 is 19.1 Å². The first kappa shape index (κ1) is 23.1. The van der Waals surface area contributed by atoms with Crippen molar-refractivity contribution in [1.82, 2.24) is 4.90 Å². The minimum absolute atomic E-state index is 0. The van der Waals surface area contributed by atoms with Crippen LogP contribution in [0.1, 0.15) is 29.5 Å². The largest absolute Gasteiger partial charge is 0.497 e. The first-order valence-electron chi connectivity index (χ1n) is 9.88. The molecule has 0 fully saturated rings. The highest BCUT2D eigenvalue weighted by Crippen LogP contribution is 2.36. The number of methoxy groups -OCH3 is 3. The van der Waals surface area contributed by atoms with Crippen molar-refractivity contribution in [3.8, 4) is 17.2 Å². The summed E-state index contributed by atoms with van der Waals surface area (Å²) < 4.78 is 16.1. The lowest BCUT2D eigenvalue weighted by Crippen LogP contribution is -2.22. The molecule has 0 saturated heterocycles. The van der Waals surface area contributed by atoms with Gasteiger partial charge in [0.05, 0.1) is 21.3 Å². The van der Waals surface area contributed by atoms with Gasteiger partial charge in [0.2, 0.25) is 0 Å². The van der Waals surface area contributed by atoms with Crippen LogP contribution in [0, 0.1) is 0 Å². The van der Waals surface area contributed by atoms with Gasteiger partial charge in [0.1, 0.15) is 5.75 Å². The van der Waals surface area contributed by atoms with Crippen molar-refractivity contribution in [2.45, 2.75) is 25.7 Å². The number of allylic oxidation sites excluding steroid dienone is 1. The lowest BCUT2D eigenvalue weighted by molar-refractivity contribution is 0.333. The zero-order valence-electron chi connectivity index (χ0n) is 17.9. The molecule has 5 heteroatoms. The van der Waals surface area contributed by atoms with Crippen molar-refractivity contribution in [3.63, 3.8) is 0 Å². The molecule has 0 saturated carbocycles. The molecule has 158 valence electrons. The maximum atomic E-state index is 5.42. The van der Waals surface area contributed by atoms with Crippen LogP contribution in [0.5, 0.6) is 17.2 Å². The van der Waals surface area contributed by atoms with E-state index in [1.54, 1.807) is 21.3 Å². The maximum Gasteiger partial charge on any atom is 0.161 e. The topological polar surface area (TPSA) is 30.9 Å². The Balaban J connectivity index is 0.00000300. The first-order chi connectivity index (χ1) is 13.6. The molecule has 29 heavy (non-hydrogen) atoms. The molecule has 0 aliphatic heterocycles. The predicted octanol–water partition coefficient (Wildman–Crippen LogP) is 5.03. The van der Waals surface area contributed by atoms with Gasteiger partial charge in [0.15, 0.2) is 11.5 Å². The van der Waals surface area contributed by atoms with Gasteiger partial charge >= 0.3 is 0 Å². The van der Waals surface area contributed by atoms with E-state index < -0.39 is 0 Å². The fraction of sp³-hybridized carbons (Fsp3) is 0.417. The fourth-order valence-electron chi connectivity index (χ4n) is 3.70. The van der Waals surface area contributed by atoms with Gasteiger partial charge in [0, 0.05) is 6.54 Å². The second-order valence-electron chi connectivity index (χ2n) is 7.39. The van der Waals surface area contributed by atoms with Gasteiger partial charge in [-0.3, -0.25) is 0 Å². The summed E-state index contributed by atoms with van der Waals surface area (Å²) in [6.45, 7) is 2.18. The molecule has 0 atom stereocenters. The Morgan fingerprint density at radius 1 is 0.862 bits per heavy atom. The standard InChI is InChI=1S/C24H31NO3.ClH/c1-25(13-11-18-7-9-22(26-2)10-8-18)12-5-6-19-14-20-16-23(27-3)24(28-4)17-21(20)15-19;/h7-10,14,16-17H,5-6,11-13,15H2,1-4H3;1H. The number of hydrogen-bond donors (Lipinski definition) is 0. The third kappa shape index (κ3) is 6.15. The van der Waals surface area contributed by atoms with Crippen molar-refractivity contribution in [1.29, 1.82) is 0 Å². The van der Waals surface area contributed by atoms with E-state index >= 15 is 0 Å². The van der Waals surface area contributed by atoms with E-state index in [-0.39, 0.29) is 12.4 Å². The molecule has 0 bridgehead atoms. The summed E-state index contributed by atoms with van der Waals surface area (Å²) in [6, 6.07) is 12.6. The zero-order valence-corrected chi connectivity index (χ0v) is 18.7. The Labute approximate surface area is 180 Å². The molecule has 3 rings (SSSR count). The van der Waals surface area contributed by atoms with Crippen molar-refractivity contribution in [2.24, 2.45) is 0 Å². The highest BCUT2D eigenvalue weighted by molar-refractivity contribution is 5.85. The minimum Gasteiger partial charge on any atom is -0.497 e. The predicted molar refractivity (Wildman–Crippen MR) is 122 cm³/mol. The van der Waals surface area contributed by atoms with Crippen LogP contribution in [0.25, 0.3) is 6.08 Å². The van der Waals surface area contributed by atoms with Gasteiger partial charge in [0.25, 0.3) is 0 Å². The molecule has 2 aromatic carbocycles. The SMILES string of the molecule is COc1ccc(CCN(C)CCCC2=Cc3cc(OC)c(OC)cc3C2)cc1.Cl. The number of likely N-dealkylation sites (N-methyl/N-ethyl adjacent to an activating group) is 1. The fourth-order valence-corrected chi connectivity index (χ4v) is 3.70. The van der Waals surface area contributed by atoms with E-state index in [1.807, 2.05) is 12.1 Å². The van der Waals surface area contributed by atoms with Crippen LogP contribution in [-0.4, -0.2) is 46.4 Å². The molecule has 0 unspecified atom stereocenters. The Morgan fingerprint density at radius 3 is 2.21 bits per heavy atom. The van der Waals surface area contributed by atoms with Crippen LogP contribution in [0.4, 0.5) is 0 Å². The minimum atomic E-state index is 0. The monoisotopic (exact) mass is 417 g/mol. The number of ether oxygens (including phenoxy) is 3. The molecular weight excluding hydrogens is 386 g/mol. The molecule has 1 aliphatic carbocycles. The smallest absolute Gasteiger partial charge is 0.161 e. The number of benzene rings is 2. The summed E-state index contributed by atoms with van der Waals surface area (Å²) in [5.41, 5.74) is 5.44. The second kappa shape index (κ2) is 11.1. The van der Waals surface area contributed by atoms with Gasteiger partial charge in [-0.05, 0) is 80.2 Å². The van der Waals surface area contributed by atoms with Crippen LogP contribution in [0.3, 0.4) is 0 Å². The van der Waals surface area contributed by atoms with E-state index in [0.717, 1.165) is 49.6 Å². The number of halogens is 1. The summed E-state index contributed by atoms with van der Waals surface area (Å²) in [5, 5.41) is 0. The summed E-state index contributed by atoms with van der Waals surface area (Å²) in [4.78, 5) is 2.42. The molecule has 4 nitrogen and oxygen atoms in total. The number of rotatable bonds is 10. The van der Waals surface area contributed by atoms with Crippen molar-refractivity contribution in [2.75, 3.05) is 41.5 Å². The number of fused-ring (bicyclic) bond motifs is 1. The van der Waals surface area contributed by atoms with Crippen molar-refractivity contribution in [3.05, 3.63) is 58.7 Å². The normalized spacial score (nSPS) is 12.2. The lowest BCUT2D eigenvalue weighted by atomic mass is 10.1. The summed E-state index contributed by atoms with van der Waals surface area (Å²) in [5.74, 6) is 2.53. The summed E-state index contributed by atoms with van der Waals surface area (Å²) >= 11 is 0. The van der Waals surface area contributed by atoms with Crippen LogP contribution in [0.2, 0.25) is 0 Å². The van der Waals surface area contributed by atoms with Crippen molar-refractivity contribution < 1.29 is 14.2 Å². The van der Waals surface area contributed by atoms with E-state index in [2.05, 4.69) is 42.3 Å². The molecule has 0 amide bonds. The second-order valence-corrected chi connectivity index (χ2v) is 7.39.